The summed E-state index contributed by atoms with van der Waals surface area (Å²) in [6.45, 7) is 5.10. The van der Waals surface area contributed by atoms with Gasteiger partial charge in [0.1, 0.15) is 0 Å². The molecule has 0 fully saturated rings. The van der Waals surface area contributed by atoms with Crippen LogP contribution in [0, 0.1) is 6.92 Å². The lowest BCUT2D eigenvalue weighted by Gasteiger charge is -2.23. The van der Waals surface area contributed by atoms with Gasteiger partial charge in [-0.2, -0.15) is 0 Å². The summed E-state index contributed by atoms with van der Waals surface area (Å²) >= 11 is 0. The molecule has 64 valence electrons. The van der Waals surface area contributed by atoms with Crippen LogP contribution in [0.2, 0.25) is 0 Å². The number of hydrogen-bond acceptors (Lipinski definition) is 1. The quantitative estimate of drug-likeness (QED) is 0.569. The molecule has 0 saturated carbocycles. The lowest BCUT2D eigenvalue weighted by atomic mass is 9.95. The second-order valence-electron chi connectivity index (χ2n) is 3.54. The highest BCUT2D eigenvalue weighted by molar-refractivity contribution is 5.35. The minimum Gasteiger partial charge on any atom is -0.373 e. The fourth-order valence-electron chi connectivity index (χ4n) is 1.77. The van der Waals surface area contributed by atoms with E-state index in [1.54, 1.807) is 0 Å². The van der Waals surface area contributed by atoms with Gasteiger partial charge in [0.2, 0.25) is 0 Å². The van der Waals surface area contributed by atoms with Crippen molar-refractivity contribution in [1.82, 2.24) is 0 Å². The molecule has 0 saturated heterocycles. The minimum absolute atomic E-state index is 0.388. The Kier molecular flexibility index (Phi) is 1.89. The van der Waals surface area contributed by atoms with Crippen molar-refractivity contribution in [3.8, 4) is 0 Å². The molecule has 1 nitrogen and oxygen atoms in total. The van der Waals surface area contributed by atoms with Crippen molar-refractivity contribution in [2.75, 3.05) is 0 Å². The van der Waals surface area contributed by atoms with Crippen molar-refractivity contribution in [3.63, 3.8) is 0 Å². The summed E-state index contributed by atoms with van der Waals surface area (Å²) in [5, 5.41) is 0. The Morgan fingerprint density at radius 2 is 2.25 bits per heavy atom. The van der Waals surface area contributed by atoms with E-state index >= 15 is 0 Å². The topological polar surface area (TPSA) is 9.23 Å². The van der Waals surface area contributed by atoms with E-state index < -0.39 is 0 Å². The second kappa shape index (κ2) is 2.91. The predicted molar refractivity (Wildman–Crippen MR) is 49.1 cm³/mol. The Labute approximate surface area is 73.4 Å². The van der Waals surface area contributed by atoms with Gasteiger partial charge < -0.3 is 4.74 Å². The lowest BCUT2D eigenvalue weighted by molar-refractivity contribution is 0.0408. The molecule has 0 aliphatic carbocycles. The highest BCUT2D eigenvalue weighted by Gasteiger charge is 2.15. The summed E-state index contributed by atoms with van der Waals surface area (Å²) in [7, 11) is 0. The van der Waals surface area contributed by atoms with Gasteiger partial charge in [0.05, 0.1) is 12.7 Å². The van der Waals surface area contributed by atoms with Crippen molar-refractivity contribution < 1.29 is 4.74 Å². The SMILES string of the molecule is Cc1cccc2c1CC(C)OC2. The van der Waals surface area contributed by atoms with Crippen LogP contribution in [0.4, 0.5) is 0 Å². The zero-order valence-corrected chi connectivity index (χ0v) is 7.63. The highest BCUT2D eigenvalue weighted by atomic mass is 16.5. The molecule has 1 aliphatic rings. The fraction of sp³-hybridized carbons (Fsp3) is 0.455. The van der Waals surface area contributed by atoms with Crippen molar-refractivity contribution in [1.29, 1.82) is 0 Å². The van der Waals surface area contributed by atoms with Crippen molar-refractivity contribution >= 4 is 0 Å². The van der Waals surface area contributed by atoms with E-state index in [0.29, 0.717) is 6.10 Å². The first-order valence-corrected chi connectivity index (χ1v) is 4.46. The maximum atomic E-state index is 5.56. The van der Waals surface area contributed by atoms with Crippen LogP contribution in [0.5, 0.6) is 0 Å². The summed E-state index contributed by atoms with van der Waals surface area (Å²) in [5.74, 6) is 0. The molecule has 0 radical (unpaired) electrons. The largest absolute Gasteiger partial charge is 0.373 e. The molecule has 1 atom stereocenters. The van der Waals surface area contributed by atoms with Crippen molar-refractivity contribution in [2.24, 2.45) is 0 Å². The Morgan fingerprint density at radius 3 is 3.08 bits per heavy atom. The second-order valence-corrected chi connectivity index (χ2v) is 3.54. The van der Waals surface area contributed by atoms with E-state index in [9.17, 15) is 0 Å². The van der Waals surface area contributed by atoms with Gasteiger partial charge in [-0.3, -0.25) is 0 Å². The van der Waals surface area contributed by atoms with Crippen LogP contribution < -0.4 is 0 Å². The lowest BCUT2D eigenvalue weighted by Crippen LogP contribution is -2.19. The van der Waals surface area contributed by atoms with Crippen LogP contribution in [0.15, 0.2) is 18.2 Å². The fourth-order valence-corrected chi connectivity index (χ4v) is 1.77. The maximum Gasteiger partial charge on any atom is 0.0723 e. The van der Waals surface area contributed by atoms with E-state index in [4.69, 9.17) is 4.74 Å². The monoisotopic (exact) mass is 162 g/mol. The molecule has 12 heavy (non-hydrogen) atoms. The molecule has 1 heteroatoms. The standard InChI is InChI=1S/C11H14O/c1-8-4-3-5-10-7-12-9(2)6-11(8)10/h3-5,9H,6-7H2,1-2H3. The number of ether oxygens (including phenoxy) is 1. The van der Waals surface area contributed by atoms with Gasteiger partial charge in [-0.15, -0.1) is 0 Å². The molecular weight excluding hydrogens is 148 g/mol. The third kappa shape index (κ3) is 1.25. The molecule has 0 aromatic heterocycles. The molecule has 1 aromatic carbocycles. The normalized spacial score (nSPS) is 22.0. The van der Waals surface area contributed by atoms with Crippen molar-refractivity contribution in [2.45, 2.75) is 33.0 Å². The van der Waals surface area contributed by atoms with Gasteiger partial charge >= 0.3 is 0 Å². The van der Waals surface area contributed by atoms with Gasteiger partial charge in [0, 0.05) is 0 Å². The Balaban J connectivity index is 2.43. The van der Waals surface area contributed by atoms with E-state index in [1.807, 2.05) is 0 Å². The summed E-state index contributed by atoms with van der Waals surface area (Å²) in [4.78, 5) is 0. The molecule has 1 aromatic rings. The number of fused-ring (bicyclic) bond motifs is 1. The summed E-state index contributed by atoms with van der Waals surface area (Å²) in [6.07, 6.45) is 1.46. The molecule has 0 spiro atoms. The van der Waals surface area contributed by atoms with Crippen LogP contribution in [0.3, 0.4) is 0 Å². The molecule has 1 aliphatic heterocycles. The Morgan fingerprint density at radius 1 is 1.42 bits per heavy atom. The van der Waals surface area contributed by atoms with Crippen LogP contribution in [-0.2, 0) is 17.8 Å². The molecule has 2 rings (SSSR count). The van der Waals surface area contributed by atoms with Gasteiger partial charge in [-0.25, -0.2) is 0 Å². The van der Waals surface area contributed by atoms with E-state index in [2.05, 4.69) is 32.0 Å². The maximum absolute atomic E-state index is 5.56. The molecule has 0 bridgehead atoms. The van der Waals surface area contributed by atoms with Gasteiger partial charge in [-0.05, 0) is 37.0 Å². The number of benzene rings is 1. The number of rotatable bonds is 0. The third-order valence-corrected chi connectivity index (χ3v) is 2.52. The average molecular weight is 162 g/mol. The first-order valence-electron chi connectivity index (χ1n) is 4.46. The van der Waals surface area contributed by atoms with Crippen LogP contribution >= 0.6 is 0 Å². The third-order valence-electron chi connectivity index (χ3n) is 2.52. The van der Waals surface area contributed by atoms with Gasteiger partial charge in [-0.1, -0.05) is 18.2 Å². The zero-order chi connectivity index (χ0) is 8.55. The first kappa shape index (κ1) is 7.81. The van der Waals surface area contributed by atoms with Crippen molar-refractivity contribution in [3.05, 3.63) is 34.9 Å². The average Bonchev–Trinajstić information content (AvgIpc) is 2.07. The van der Waals surface area contributed by atoms with E-state index in [-0.39, 0.29) is 0 Å². The number of aryl methyl sites for hydroxylation is 1. The Bertz CT molecular complexity index is 291. The zero-order valence-electron chi connectivity index (χ0n) is 7.63. The first-order chi connectivity index (χ1) is 5.77. The smallest absolute Gasteiger partial charge is 0.0723 e. The number of hydrogen-bond donors (Lipinski definition) is 0. The van der Waals surface area contributed by atoms with Gasteiger partial charge in [0.25, 0.3) is 0 Å². The highest BCUT2D eigenvalue weighted by Crippen LogP contribution is 2.22. The molecule has 1 unspecified atom stereocenters. The van der Waals surface area contributed by atoms with E-state index in [1.165, 1.54) is 16.7 Å². The Hall–Kier alpha value is -0.820. The molecule has 0 amide bonds. The minimum atomic E-state index is 0.388. The molecular formula is C11H14O. The summed E-state index contributed by atoms with van der Waals surface area (Å²) < 4.78 is 5.56. The molecule has 1 heterocycles. The van der Waals surface area contributed by atoms with Crippen LogP contribution in [0.25, 0.3) is 0 Å². The summed E-state index contributed by atoms with van der Waals surface area (Å²) in [6, 6.07) is 6.44. The van der Waals surface area contributed by atoms with Gasteiger partial charge in [0.15, 0.2) is 0 Å². The van der Waals surface area contributed by atoms with E-state index in [0.717, 1.165) is 13.0 Å². The van der Waals surface area contributed by atoms with Crippen LogP contribution in [0.1, 0.15) is 23.6 Å². The van der Waals surface area contributed by atoms with Crippen LogP contribution in [-0.4, -0.2) is 6.10 Å². The predicted octanol–water partition coefficient (Wildman–Crippen LogP) is 2.46. The molecule has 0 N–H and O–H groups in total. The summed E-state index contributed by atoms with van der Waals surface area (Å²) in [5.41, 5.74) is 4.27.